The molecular formula is C33H31F3O5S. The predicted molar refractivity (Wildman–Crippen MR) is 153 cm³/mol. The molecule has 0 bridgehead atoms. The number of hydrogen-bond acceptors (Lipinski definition) is 5. The van der Waals surface area contributed by atoms with Crippen molar-refractivity contribution in [2.24, 2.45) is 5.92 Å². The van der Waals surface area contributed by atoms with Gasteiger partial charge in [-0.3, -0.25) is 4.18 Å². The molecule has 0 radical (unpaired) electrons. The van der Waals surface area contributed by atoms with Crippen LogP contribution in [0.2, 0.25) is 0 Å². The van der Waals surface area contributed by atoms with Gasteiger partial charge in [0.05, 0.1) is 19.3 Å². The zero-order valence-corrected chi connectivity index (χ0v) is 23.5. The van der Waals surface area contributed by atoms with E-state index in [1.165, 1.54) is 0 Å². The molecule has 4 aromatic rings. The van der Waals surface area contributed by atoms with Crippen molar-refractivity contribution in [3.05, 3.63) is 144 Å². The van der Waals surface area contributed by atoms with Crippen LogP contribution in [0, 0.1) is 5.92 Å². The van der Waals surface area contributed by atoms with Crippen LogP contribution in [0.5, 0.6) is 0 Å². The molecule has 42 heavy (non-hydrogen) atoms. The van der Waals surface area contributed by atoms with Gasteiger partial charge in [-0.05, 0) is 35.1 Å². The summed E-state index contributed by atoms with van der Waals surface area (Å²) in [7, 11) is -5.81. The van der Waals surface area contributed by atoms with Crippen molar-refractivity contribution in [3.8, 4) is 0 Å². The van der Waals surface area contributed by atoms with E-state index < -0.39 is 39.4 Å². The van der Waals surface area contributed by atoms with Crippen LogP contribution in [0.4, 0.5) is 13.2 Å². The number of alkyl halides is 3. The lowest BCUT2D eigenvalue weighted by Gasteiger charge is -2.37. The molecule has 1 aliphatic carbocycles. The monoisotopic (exact) mass is 596 g/mol. The van der Waals surface area contributed by atoms with Gasteiger partial charge in [-0.1, -0.05) is 121 Å². The maximum atomic E-state index is 13.3. The van der Waals surface area contributed by atoms with Crippen LogP contribution >= 0.6 is 0 Å². The third kappa shape index (κ3) is 6.44. The van der Waals surface area contributed by atoms with E-state index in [1.54, 1.807) is 0 Å². The van der Waals surface area contributed by atoms with E-state index >= 15 is 0 Å². The minimum absolute atomic E-state index is 0.0673. The Morgan fingerprint density at radius 3 is 1.57 bits per heavy atom. The molecule has 4 aromatic carbocycles. The molecule has 220 valence electrons. The van der Waals surface area contributed by atoms with Crippen LogP contribution in [-0.2, 0) is 36.0 Å². The van der Waals surface area contributed by atoms with Crippen LogP contribution in [0.25, 0.3) is 0 Å². The van der Waals surface area contributed by atoms with Gasteiger partial charge in [-0.15, -0.1) is 0 Å². The fourth-order valence-electron chi connectivity index (χ4n) is 5.52. The summed E-state index contributed by atoms with van der Waals surface area (Å²) in [6.07, 6.45) is -1.85. The highest BCUT2D eigenvalue weighted by molar-refractivity contribution is 7.87. The second kappa shape index (κ2) is 12.8. The lowest BCUT2D eigenvalue weighted by Crippen LogP contribution is -2.40. The second-order valence-electron chi connectivity index (χ2n) is 10.2. The fraction of sp³-hybridized carbons (Fsp3) is 0.273. The Balaban J connectivity index is 1.49. The van der Waals surface area contributed by atoms with E-state index in [9.17, 15) is 21.6 Å². The van der Waals surface area contributed by atoms with Crippen molar-refractivity contribution < 1.29 is 35.2 Å². The zero-order valence-electron chi connectivity index (χ0n) is 22.7. The molecule has 0 spiro atoms. The third-order valence-electron chi connectivity index (χ3n) is 7.53. The topological polar surface area (TPSA) is 61.8 Å². The molecule has 0 aromatic heterocycles. The molecule has 9 heteroatoms. The molecule has 0 saturated heterocycles. The van der Waals surface area contributed by atoms with Crippen molar-refractivity contribution >= 4 is 10.1 Å². The Kier molecular flexibility index (Phi) is 9.13. The predicted octanol–water partition coefficient (Wildman–Crippen LogP) is 7.23. The van der Waals surface area contributed by atoms with Crippen molar-refractivity contribution in [2.75, 3.05) is 6.61 Å². The summed E-state index contributed by atoms with van der Waals surface area (Å²) in [4.78, 5) is 0. The standard InChI is InChI=1S/C33H31F3O5S/c34-33(35,36)42(37,38)41-30-22-21-26(31(30)39-23-25-13-5-1-6-14-25)24-40-32(27-15-7-2-8-16-27,28-17-9-3-10-18-28)29-19-11-4-12-20-29/h1-20,26,30-31H,21-24H2/t26-,30+,31-/m1/s1. The molecular weight excluding hydrogens is 565 g/mol. The molecule has 0 amide bonds. The minimum atomic E-state index is -5.81. The highest BCUT2D eigenvalue weighted by Gasteiger charge is 2.52. The number of hydrogen-bond donors (Lipinski definition) is 0. The molecule has 5 nitrogen and oxygen atoms in total. The van der Waals surface area contributed by atoms with E-state index in [1.807, 2.05) is 121 Å². The quantitative estimate of drug-likeness (QED) is 0.104. The lowest BCUT2D eigenvalue weighted by atomic mass is 9.80. The van der Waals surface area contributed by atoms with Gasteiger partial charge in [-0.2, -0.15) is 21.6 Å². The molecule has 1 aliphatic rings. The zero-order chi connectivity index (χ0) is 29.6. The van der Waals surface area contributed by atoms with Gasteiger partial charge >= 0.3 is 15.6 Å². The Morgan fingerprint density at radius 1 is 0.667 bits per heavy atom. The first-order valence-corrected chi connectivity index (χ1v) is 15.1. The van der Waals surface area contributed by atoms with Gasteiger partial charge in [0.2, 0.25) is 0 Å². The maximum absolute atomic E-state index is 13.3. The minimum Gasteiger partial charge on any atom is -0.370 e. The third-order valence-corrected chi connectivity index (χ3v) is 8.59. The van der Waals surface area contributed by atoms with E-state index in [0.717, 1.165) is 22.3 Å². The summed E-state index contributed by atoms with van der Waals surface area (Å²) in [5.41, 5.74) is -3.17. The highest BCUT2D eigenvalue weighted by atomic mass is 32.2. The van der Waals surface area contributed by atoms with Crippen molar-refractivity contribution in [1.29, 1.82) is 0 Å². The van der Waals surface area contributed by atoms with E-state index in [4.69, 9.17) is 13.7 Å². The van der Waals surface area contributed by atoms with Crippen molar-refractivity contribution in [3.63, 3.8) is 0 Å². The summed E-state index contributed by atoms with van der Waals surface area (Å²) in [5.74, 6) is -0.447. The Bertz CT molecular complexity index is 1420. The first-order valence-electron chi connectivity index (χ1n) is 13.7. The van der Waals surface area contributed by atoms with E-state index in [-0.39, 0.29) is 19.6 Å². The Labute approximate surface area is 244 Å². The van der Waals surface area contributed by atoms with E-state index in [2.05, 4.69) is 0 Å². The number of benzene rings is 4. The fourth-order valence-corrected chi connectivity index (χ4v) is 6.16. The Morgan fingerprint density at radius 2 is 1.12 bits per heavy atom. The van der Waals surface area contributed by atoms with Gasteiger partial charge < -0.3 is 9.47 Å². The van der Waals surface area contributed by atoms with Crippen LogP contribution in [0.1, 0.15) is 35.1 Å². The van der Waals surface area contributed by atoms with Gasteiger partial charge in [0, 0.05) is 5.92 Å². The summed E-state index contributed by atoms with van der Waals surface area (Å²) in [6, 6.07) is 38.3. The van der Waals surface area contributed by atoms with Gasteiger partial charge in [-0.25, -0.2) is 0 Å². The van der Waals surface area contributed by atoms with Gasteiger partial charge in [0.15, 0.2) is 0 Å². The molecule has 0 heterocycles. The van der Waals surface area contributed by atoms with Crippen LogP contribution in [0.3, 0.4) is 0 Å². The molecule has 0 unspecified atom stereocenters. The number of ether oxygens (including phenoxy) is 2. The van der Waals surface area contributed by atoms with Crippen LogP contribution < -0.4 is 0 Å². The van der Waals surface area contributed by atoms with Crippen LogP contribution in [0.15, 0.2) is 121 Å². The maximum Gasteiger partial charge on any atom is 0.523 e. The molecule has 1 fully saturated rings. The summed E-state index contributed by atoms with van der Waals surface area (Å²) in [5, 5.41) is 0. The molecule has 1 saturated carbocycles. The number of halogens is 3. The molecule has 5 rings (SSSR count). The van der Waals surface area contributed by atoms with Gasteiger partial charge in [0.1, 0.15) is 11.7 Å². The lowest BCUT2D eigenvalue weighted by molar-refractivity contribution is -0.0880. The SMILES string of the molecule is O=S(=O)(O[C@H]1CC[C@H](COC(c2ccccc2)(c2ccccc2)c2ccccc2)[C@H]1OCc1ccccc1)C(F)(F)F. The average Bonchev–Trinajstić information content (AvgIpc) is 3.38. The smallest absolute Gasteiger partial charge is 0.370 e. The largest absolute Gasteiger partial charge is 0.523 e. The average molecular weight is 597 g/mol. The van der Waals surface area contributed by atoms with E-state index in [0.29, 0.717) is 6.42 Å². The normalized spacial score (nSPS) is 19.5. The van der Waals surface area contributed by atoms with Gasteiger partial charge in [0.25, 0.3) is 0 Å². The first-order chi connectivity index (χ1) is 20.2. The molecule has 3 atom stereocenters. The number of rotatable bonds is 11. The Hall–Kier alpha value is -3.50. The summed E-state index contributed by atoms with van der Waals surface area (Å²) < 4.78 is 81.5. The molecule has 0 N–H and O–H groups in total. The van der Waals surface area contributed by atoms with Crippen molar-refractivity contribution in [2.45, 2.75) is 42.8 Å². The second-order valence-corrected chi connectivity index (χ2v) is 11.8. The van der Waals surface area contributed by atoms with Crippen molar-refractivity contribution in [1.82, 2.24) is 0 Å². The van der Waals surface area contributed by atoms with Crippen LogP contribution in [-0.4, -0.2) is 32.7 Å². The summed E-state index contributed by atoms with van der Waals surface area (Å²) in [6.45, 7) is 0.152. The first kappa shape index (κ1) is 30.0. The molecule has 0 aliphatic heterocycles. The summed E-state index contributed by atoms with van der Waals surface area (Å²) >= 11 is 0. The highest BCUT2D eigenvalue weighted by Crippen LogP contribution is 2.43.